The Balaban J connectivity index is 2.08. The van der Waals surface area contributed by atoms with E-state index < -0.39 is 12.8 Å². The minimum atomic E-state index is -4.43. The van der Waals surface area contributed by atoms with Crippen LogP contribution in [0.5, 0.6) is 5.88 Å². The number of pyridine rings is 1. The standard InChI is InChI=1S/C16H18F3N3O2/c1-15(2,3)11-6-7-22(14(23)8-11)9-12-4-5-13(21-20-12)24-10-16(17,18)19/h4-8H,9-10H2,1-3H3. The molecule has 8 heteroatoms. The van der Waals surface area contributed by atoms with Crippen molar-refractivity contribution in [3.63, 3.8) is 0 Å². The summed E-state index contributed by atoms with van der Waals surface area (Å²) in [5.41, 5.74) is 1.06. The molecule has 0 bridgehead atoms. The lowest BCUT2D eigenvalue weighted by molar-refractivity contribution is -0.154. The molecule has 0 aliphatic carbocycles. The zero-order valence-electron chi connectivity index (χ0n) is 13.6. The van der Waals surface area contributed by atoms with E-state index >= 15 is 0 Å². The van der Waals surface area contributed by atoms with Gasteiger partial charge in [0, 0.05) is 18.3 Å². The monoisotopic (exact) mass is 341 g/mol. The molecule has 0 saturated carbocycles. The SMILES string of the molecule is CC(C)(C)c1ccn(Cc2ccc(OCC(F)(F)F)nn2)c(=O)c1. The number of aromatic nitrogens is 3. The van der Waals surface area contributed by atoms with E-state index in [-0.39, 0.29) is 23.4 Å². The summed E-state index contributed by atoms with van der Waals surface area (Å²) in [6.45, 7) is 4.79. The molecule has 0 saturated heterocycles. The molecule has 0 aromatic carbocycles. The average Bonchev–Trinajstić information content (AvgIpc) is 2.47. The maximum atomic E-state index is 12.1. The lowest BCUT2D eigenvalue weighted by atomic mass is 9.88. The van der Waals surface area contributed by atoms with E-state index in [2.05, 4.69) is 14.9 Å². The predicted octanol–water partition coefficient (Wildman–Crippen LogP) is 2.93. The molecule has 24 heavy (non-hydrogen) atoms. The van der Waals surface area contributed by atoms with Crippen LogP contribution in [-0.4, -0.2) is 27.5 Å². The summed E-state index contributed by atoms with van der Waals surface area (Å²) in [4.78, 5) is 12.1. The van der Waals surface area contributed by atoms with Crippen LogP contribution in [0.4, 0.5) is 13.2 Å². The molecule has 0 fully saturated rings. The summed E-state index contributed by atoms with van der Waals surface area (Å²) in [5.74, 6) is -0.216. The third-order valence-electron chi connectivity index (χ3n) is 3.27. The van der Waals surface area contributed by atoms with Gasteiger partial charge in [-0.2, -0.15) is 13.2 Å². The molecule has 2 aromatic heterocycles. The predicted molar refractivity (Wildman–Crippen MR) is 82.1 cm³/mol. The lowest BCUT2D eigenvalue weighted by Gasteiger charge is -2.19. The molecule has 0 radical (unpaired) electrons. The van der Waals surface area contributed by atoms with Gasteiger partial charge in [-0.1, -0.05) is 20.8 Å². The fraction of sp³-hybridized carbons (Fsp3) is 0.438. The molecule has 2 heterocycles. The molecule has 0 aliphatic heterocycles. The molecule has 0 N–H and O–H groups in total. The Morgan fingerprint density at radius 3 is 2.33 bits per heavy atom. The smallest absolute Gasteiger partial charge is 0.422 e. The highest BCUT2D eigenvalue weighted by molar-refractivity contribution is 5.20. The molecule has 2 aromatic rings. The van der Waals surface area contributed by atoms with Gasteiger partial charge in [0.05, 0.1) is 12.2 Å². The number of rotatable bonds is 4. The minimum Gasteiger partial charge on any atom is -0.467 e. The molecule has 0 spiro atoms. The Morgan fingerprint density at radius 2 is 1.83 bits per heavy atom. The van der Waals surface area contributed by atoms with Crippen molar-refractivity contribution in [2.24, 2.45) is 0 Å². The normalized spacial score (nSPS) is 12.2. The molecular formula is C16H18F3N3O2. The molecule has 130 valence electrons. The molecule has 2 rings (SSSR count). The lowest BCUT2D eigenvalue weighted by Crippen LogP contribution is -2.23. The third kappa shape index (κ3) is 5.07. The van der Waals surface area contributed by atoms with E-state index in [9.17, 15) is 18.0 Å². The summed E-state index contributed by atoms with van der Waals surface area (Å²) in [5, 5.41) is 7.36. The number of hydrogen-bond acceptors (Lipinski definition) is 4. The number of alkyl halides is 3. The van der Waals surface area contributed by atoms with E-state index in [1.54, 1.807) is 12.3 Å². The fourth-order valence-electron chi connectivity index (χ4n) is 1.94. The number of ether oxygens (including phenoxy) is 1. The van der Waals surface area contributed by atoms with Crippen molar-refractivity contribution in [2.75, 3.05) is 6.61 Å². The molecule has 0 aliphatic rings. The quantitative estimate of drug-likeness (QED) is 0.858. The van der Waals surface area contributed by atoms with E-state index in [0.717, 1.165) is 5.56 Å². The maximum Gasteiger partial charge on any atom is 0.422 e. The minimum absolute atomic E-state index is 0.129. The van der Waals surface area contributed by atoms with Gasteiger partial charge in [0.1, 0.15) is 0 Å². The first-order valence-electron chi connectivity index (χ1n) is 7.28. The van der Waals surface area contributed by atoms with E-state index in [4.69, 9.17) is 0 Å². The second-order valence-corrected chi connectivity index (χ2v) is 6.40. The van der Waals surface area contributed by atoms with Gasteiger partial charge in [-0.15, -0.1) is 10.2 Å². The number of nitrogens with zero attached hydrogens (tertiary/aromatic N) is 3. The fourth-order valence-corrected chi connectivity index (χ4v) is 1.94. The first-order valence-corrected chi connectivity index (χ1v) is 7.28. The van der Waals surface area contributed by atoms with Crippen LogP contribution in [-0.2, 0) is 12.0 Å². The van der Waals surface area contributed by atoms with Crippen molar-refractivity contribution in [1.29, 1.82) is 0 Å². The molecule has 5 nitrogen and oxygen atoms in total. The number of hydrogen-bond donors (Lipinski definition) is 0. The Morgan fingerprint density at radius 1 is 1.12 bits per heavy atom. The van der Waals surface area contributed by atoms with Crippen molar-refractivity contribution in [2.45, 2.75) is 38.9 Å². The van der Waals surface area contributed by atoms with Crippen LogP contribution in [0.2, 0.25) is 0 Å². The van der Waals surface area contributed by atoms with Crippen molar-refractivity contribution >= 4 is 0 Å². The van der Waals surface area contributed by atoms with E-state index in [1.807, 2.05) is 26.8 Å². The zero-order chi connectivity index (χ0) is 18.0. The summed E-state index contributed by atoms with van der Waals surface area (Å²) in [6.07, 6.45) is -2.76. The maximum absolute atomic E-state index is 12.1. The molecule has 0 amide bonds. The van der Waals surface area contributed by atoms with Crippen LogP contribution < -0.4 is 10.3 Å². The van der Waals surface area contributed by atoms with Crippen molar-refractivity contribution in [3.05, 3.63) is 52.1 Å². The van der Waals surface area contributed by atoms with E-state index in [1.165, 1.54) is 16.7 Å². The van der Waals surface area contributed by atoms with Crippen molar-refractivity contribution in [3.8, 4) is 5.88 Å². The van der Waals surface area contributed by atoms with Crippen LogP contribution in [0.15, 0.2) is 35.3 Å². The van der Waals surface area contributed by atoms with Crippen molar-refractivity contribution < 1.29 is 17.9 Å². The Labute approximate surface area is 137 Å². The van der Waals surface area contributed by atoms with Gasteiger partial charge in [-0.25, -0.2) is 0 Å². The Bertz CT molecular complexity index is 747. The van der Waals surface area contributed by atoms with Crippen LogP contribution in [0.1, 0.15) is 32.0 Å². The first kappa shape index (κ1) is 18.0. The molecule has 0 atom stereocenters. The highest BCUT2D eigenvalue weighted by Crippen LogP contribution is 2.20. The average molecular weight is 341 g/mol. The van der Waals surface area contributed by atoms with Crippen LogP contribution >= 0.6 is 0 Å². The summed E-state index contributed by atoms with van der Waals surface area (Å²) < 4.78 is 42.1. The summed E-state index contributed by atoms with van der Waals surface area (Å²) in [7, 11) is 0. The van der Waals surface area contributed by atoms with Crippen LogP contribution in [0.3, 0.4) is 0 Å². The van der Waals surface area contributed by atoms with Gasteiger partial charge in [-0.3, -0.25) is 4.79 Å². The molecule has 0 unspecified atom stereocenters. The number of halogens is 3. The topological polar surface area (TPSA) is 57.0 Å². The van der Waals surface area contributed by atoms with Gasteiger partial charge < -0.3 is 9.30 Å². The summed E-state index contributed by atoms with van der Waals surface area (Å²) >= 11 is 0. The Hall–Kier alpha value is -2.38. The van der Waals surface area contributed by atoms with Gasteiger partial charge in [0.2, 0.25) is 5.88 Å². The zero-order valence-corrected chi connectivity index (χ0v) is 13.6. The first-order chi connectivity index (χ1) is 11.0. The van der Waals surface area contributed by atoms with Gasteiger partial charge in [-0.05, 0) is 23.1 Å². The second kappa shape index (κ2) is 6.62. The Kier molecular flexibility index (Phi) is 4.96. The van der Waals surface area contributed by atoms with Crippen LogP contribution in [0, 0.1) is 0 Å². The highest BCUT2D eigenvalue weighted by Gasteiger charge is 2.28. The third-order valence-corrected chi connectivity index (χ3v) is 3.27. The van der Waals surface area contributed by atoms with Gasteiger partial charge in [0.15, 0.2) is 6.61 Å². The summed E-state index contributed by atoms with van der Waals surface area (Å²) in [6, 6.07) is 6.19. The van der Waals surface area contributed by atoms with Gasteiger partial charge >= 0.3 is 6.18 Å². The van der Waals surface area contributed by atoms with Crippen molar-refractivity contribution in [1.82, 2.24) is 14.8 Å². The molecular weight excluding hydrogens is 323 g/mol. The van der Waals surface area contributed by atoms with E-state index in [0.29, 0.717) is 5.69 Å². The van der Waals surface area contributed by atoms with Gasteiger partial charge in [0.25, 0.3) is 5.56 Å². The van der Waals surface area contributed by atoms with Crippen LogP contribution in [0.25, 0.3) is 0 Å². The second-order valence-electron chi connectivity index (χ2n) is 6.40. The highest BCUT2D eigenvalue weighted by atomic mass is 19.4. The largest absolute Gasteiger partial charge is 0.467 e.